The molecule has 0 spiro atoms. The fraction of sp³-hybridized carbons (Fsp3) is 0.167. The van der Waals surface area contributed by atoms with Gasteiger partial charge in [-0.1, -0.05) is 43.4 Å². The molecule has 0 aliphatic heterocycles. The number of hydrogen-bond acceptors (Lipinski definition) is 2. The van der Waals surface area contributed by atoms with Crippen LogP contribution in [0.15, 0.2) is 35.1 Å². The van der Waals surface area contributed by atoms with Gasteiger partial charge in [0, 0.05) is 0 Å². The first-order valence-corrected chi connectivity index (χ1v) is 5.53. The zero-order valence-corrected chi connectivity index (χ0v) is 9.73. The minimum absolute atomic E-state index is 0.276. The number of rotatable bonds is 2. The predicted octanol–water partition coefficient (Wildman–Crippen LogP) is 2.66. The lowest BCUT2D eigenvalue weighted by Gasteiger charge is -2.02. The summed E-state index contributed by atoms with van der Waals surface area (Å²) >= 11 is 4.96. The highest BCUT2D eigenvalue weighted by atomic mass is 32.1. The highest BCUT2D eigenvalue weighted by Crippen LogP contribution is 2.16. The summed E-state index contributed by atoms with van der Waals surface area (Å²) in [4.78, 5) is 16.5. The topological polar surface area (TPSA) is 48.6 Å². The molecule has 0 radical (unpaired) electrons. The van der Waals surface area contributed by atoms with E-state index in [-0.39, 0.29) is 5.69 Å². The van der Waals surface area contributed by atoms with Crippen LogP contribution in [-0.4, -0.2) is 9.97 Å². The van der Waals surface area contributed by atoms with Crippen molar-refractivity contribution in [1.82, 2.24) is 9.97 Å². The summed E-state index contributed by atoms with van der Waals surface area (Å²) in [7, 11) is 0. The van der Waals surface area contributed by atoms with Gasteiger partial charge in [-0.25, -0.2) is 4.79 Å². The molecular weight excluding hydrogens is 220 g/mol. The van der Waals surface area contributed by atoms with Crippen LogP contribution >= 0.6 is 12.2 Å². The lowest BCUT2D eigenvalue weighted by atomic mass is 10.1. The van der Waals surface area contributed by atoms with Crippen LogP contribution in [-0.2, 0) is 6.42 Å². The Labute approximate surface area is 98.2 Å². The maximum Gasteiger partial charge on any atom is 0.324 e. The van der Waals surface area contributed by atoms with E-state index in [1.807, 2.05) is 24.3 Å². The molecule has 0 bridgehead atoms. The van der Waals surface area contributed by atoms with Crippen LogP contribution < -0.4 is 5.69 Å². The number of hydrogen-bond donors (Lipinski definition) is 2. The maximum absolute atomic E-state index is 11.2. The van der Waals surface area contributed by atoms with Gasteiger partial charge in [0.2, 0.25) is 0 Å². The summed E-state index contributed by atoms with van der Waals surface area (Å²) in [6, 6.07) is 9.82. The van der Waals surface area contributed by atoms with Gasteiger partial charge in [0.1, 0.15) is 4.64 Å². The summed E-state index contributed by atoms with van der Waals surface area (Å²) in [5.41, 5.74) is 2.71. The summed E-state index contributed by atoms with van der Waals surface area (Å²) < 4.78 is 0.443. The molecule has 0 aliphatic rings. The lowest BCUT2D eigenvalue weighted by molar-refractivity contribution is 1.07. The van der Waals surface area contributed by atoms with Crippen LogP contribution in [0.5, 0.6) is 0 Å². The molecule has 1 aromatic heterocycles. The Morgan fingerprint density at radius 2 is 1.88 bits per heavy atom. The van der Waals surface area contributed by atoms with Gasteiger partial charge in [-0.05, 0) is 23.6 Å². The molecular formula is C12H12N2OS. The molecule has 16 heavy (non-hydrogen) atoms. The van der Waals surface area contributed by atoms with Gasteiger partial charge in [-0.15, -0.1) is 0 Å². The van der Waals surface area contributed by atoms with Crippen molar-refractivity contribution < 1.29 is 0 Å². The van der Waals surface area contributed by atoms with Crippen molar-refractivity contribution >= 4 is 12.2 Å². The highest BCUT2D eigenvalue weighted by Gasteiger charge is 1.99. The van der Waals surface area contributed by atoms with Gasteiger partial charge < -0.3 is 4.98 Å². The van der Waals surface area contributed by atoms with E-state index >= 15 is 0 Å². The van der Waals surface area contributed by atoms with E-state index in [1.165, 1.54) is 5.56 Å². The molecule has 2 N–H and O–H groups in total. The molecule has 3 nitrogen and oxygen atoms in total. The molecule has 82 valence electrons. The zero-order valence-electron chi connectivity index (χ0n) is 8.91. The largest absolute Gasteiger partial charge is 0.324 e. The predicted molar refractivity (Wildman–Crippen MR) is 67.1 cm³/mol. The summed E-state index contributed by atoms with van der Waals surface area (Å²) in [5.74, 6) is 0. The standard InChI is InChI=1S/C12H12N2OS/c1-2-8-3-5-9(6-4-8)10-7-11(16)14-12(15)13-10/h3-7H,2H2,1H3,(H2,13,14,15,16). The Morgan fingerprint density at radius 3 is 2.44 bits per heavy atom. The monoisotopic (exact) mass is 232 g/mol. The van der Waals surface area contributed by atoms with Gasteiger partial charge in [0.15, 0.2) is 0 Å². The highest BCUT2D eigenvalue weighted by molar-refractivity contribution is 7.71. The van der Waals surface area contributed by atoms with E-state index in [4.69, 9.17) is 12.2 Å². The van der Waals surface area contributed by atoms with Crippen LogP contribution in [0, 0.1) is 4.64 Å². The van der Waals surface area contributed by atoms with E-state index in [2.05, 4.69) is 16.9 Å². The smallest absolute Gasteiger partial charge is 0.307 e. The van der Waals surface area contributed by atoms with Crippen molar-refractivity contribution in [2.75, 3.05) is 0 Å². The third-order valence-electron chi connectivity index (χ3n) is 2.43. The second-order valence-corrected chi connectivity index (χ2v) is 3.99. The van der Waals surface area contributed by atoms with Crippen LogP contribution in [0.3, 0.4) is 0 Å². The summed E-state index contributed by atoms with van der Waals surface area (Å²) in [5, 5.41) is 0. The molecule has 0 aliphatic carbocycles. The van der Waals surface area contributed by atoms with Gasteiger partial charge in [0.25, 0.3) is 0 Å². The summed E-state index contributed by atoms with van der Waals surface area (Å²) in [6.07, 6.45) is 1.01. The molecule has 1 heterocycles. The molecule has 2 aromatic rings. The molecule has 0 amide bonds. The third-order valence-corrected chi connectivity index (χ3v) is 2.65. The average molecular weight is 232 g/mol. The van der Waals surface area contributed by atoms with Gasteiger partial charge in [-0.3, -0.25) is 4.98 Å². The first-order valence-electron chi connectivity index (χ1n) is 5.12. The van der Waals surface area contributed by atoms with Crippen molar-refractivity contribution in [3.8, 4) is 11.3 Å². The SMILES string of the molecule is CCc1ccc(-c2cc(=S)[nH]c(=O)[nH]2)cc1. The van der Waals surface area contributed by atoms with Crippen LogP contribution in [0.1, 0.15) is 12.5 Å². The van der Waals surface area contributed by atoms with Crippen molar-refractivity contribution in [3.05, 3.63) is 51.0 Å². The maximum atomic E-state index is 11.2. The normalized spacial score (nSPS) is 10.3. The third kappa shape index (κ3) is 2.28. The Kier molecular flexibility index (Phi) is 3.01. The molecule has 4 heteroatoms. The van der Waals surface area contributed by atoms with Crippen molar-refractivity contribution in [3.63, 3.8) is 0 Å². The van der Waals surface area contributed by atoms with Gasteiger partial charge >= 0.3 is 5.69 Å². The van der Waals surface area contributed by atoms with E-state index in [0.717, 1.165) is 17.7 Å². The Balaban J connectivity index is 2.50. The van der Waals surface area contributed by atoms with Crippen LogP contribution in [0.25, 0.3) is 11.3 Å². The minimum atomic E-state index is -0.276. The number of aromatic amines is 2. The first kappa shape index (κ1) is 10.8. The molecule has 0 unspecified atom stereocenters. The minimum Gasteiger partial charge on any atom is -0.307 e. The first-order chi connectivity index (χ1) is 7.69. The Bertz CT molecular complexity index is 567. The van der Waals surface area contributed by atoms with E-state index in [9.17, 15) is 4.79 Å². The molecule has 0 saturated heterocycles. The van der Waals surface area contributed by atoms with Gasteiger partial charge in [-0.2, -0.15) is 0 Å². The van der Waals surface area contributed by atoms with Crippen molar-refractivity contribution in [2.24, 2.45) is 0 Å². The van der Waals surface area contributed by atoms with Crippen LogP contribution in [0.4, 0.5) is 0 Å². The molecule has 0 saturated carbocycles. The molecule has 0 atom stereocenters. The quantitative estimate of drug-likeness (QED) is 0.782. The second-order valence-electron chi connectivity index (χ2n) is 3.55. The van der Waals surface area contributed by atoms with E-state index in [0.29, 0.717) is 4.64 Å². The number of H-pyrrole nitrogens is 2. The molecule has 2 rings (SSSR count). The van der Waals surface area contributed by atoms with E-state index < -0.39 is 0 Å². The zero-order chi connectivity index (χ0) is 11.5. The summed E-state index contributed by atoms with van der Waals surface area (Å²) in [6.45, 7) is 2.11. The fourth-order valence-electron chi connectivity index (χ4n) is 1.54. The Morgan fingerprint density at radius 1 is 1.19 bits per heavy atom. The number of nitrogens with one attached hydrogen (secondary N) is 2. The average Bonchev–Trinajstić information content (AvgIpc) is 2.28. The number of benzene rings is 1. The van der Waals surface area contributed by atoms with Crippen molar-refractivity contribution in [1.29, 1.82) is 0 Å². The molecule has 0 fully saturated rings. The van der Waals surface area contributed by atoms with Gasteiger partial charge in [0.05, 0.1) is 5.69 Å². The molecule has 1 aromatic carbocycles. The Hall–Kier alpha value is -1.68. The van der Waals surface area contributed by atoms with Crippen molar-refractivity contribution in [2.45, 2.75) is 13.3 Å². The van der Waals surface area contributed by atoms with E-state index in [1.54, 1.807) is 6.07 Å². The lowest BCUT2D eigenvalue weighted by Crippen LogP contribution is -2.10. The number of aromatic nitrogens is 2. The van der Waals surface area contributed by atoms with Crippen LogP contribution in [0.2, 0.25) is 0 Å². The number of aryl methyl sites for hydroxylation is 1. The fourth-order valence-corrected chi connectivity index (χ4v) is 1.75. The second kappa shape index (κ2) is 4.45.